The number of carboxylic acids is 1. The number of amides is 2. The molecule has 2 N–H and O–H groups in total. The molecule has 0 aliphatic carbocycles. The molecule has 1 atom stereocenters. The van der Waals surface area contributed by atoms with Crippen LogP contribution in [0.15, 0.2) is 18.2 Å². The highest BCUT2D eigenvalue weighted by Gasteiger charge is 2.31. The van der Waals surface area contributed by atoms with Gasteiger partial charge in [0.2, 0.25) is 11.8 Å². The number of carbonyl (C=O) groups excluding carboxylic acids is 2. The van der Waals surface area contributed by atoms with Crippen molar-refractivity contribution in [2.45, 2.75) is 90.9 Å². The van der Waals surface area contributed by atoms with Gasteiger partial charge in [0, 0.05) is 25.2 Å². The Morgan fingerprint density at radius 3 is 1.94 bits per heavy atom. The van der Waals surface area contributed by atoms with Crippen LogP contribution in [0.25, 0.3) is 0 Å². The molecule has 1 rings (SSSR count). The summed E-state index contributed by atoms with van der Waals surface area (Å²) in [4.78, 5) is 39.5. The van der Waals surface area contributed by atoms with Crippen LogP contribution in [0.3, 0.4) is 0 Å². The van der Waals surface area contributed by atoms with E-state index in [0.29, 0.717) is 23.8 Å². The van der Waals surface area contributed by atoms with Gasteiger partial charge in [-0.05, 0) is 37.5 Å². The second-order valence-corrected chi connectivity index (χ2v) is 9.57. The van der Waals surface area contributed by atoms with Gasteiger partial charge >= 0.3 is 5.97 Å². The summed E-state index contributed by atoms with van der Waals surface area (Å²) in [6.07, 6.45) is 10.4. The number of unbranched alkanes of at least 4 members (excludes halogenated alkanes) is 8. The highest BCUT2D eigenvalue weighted by atomic mass is 35.5. The van der Waals surface area contributed by atoms with Crippen LogP contribution in [0.5, 0.6) is 0 Å². The Bertz CT molecular complexity index is 759. The summed E-state index contributed by atoms with van der Waals surface area (Å²) < 4.78 is 0. The summed E-state index contributed by atoms with van der Waals surface area (Å²) in [5.74, 6) is -2.93. The van der Waals surface area contributed by atoms with E-state index in [9.17, 15) is 19.5 Å². The summed E-state index contributed by atoms with van der Waals surface area (Å²) in [5.41, 5.74) is 0.415. The fourth-order valence-corrected chi connectivity index (χ4v) is 4.10. The van der Waals surface area contributed by atoms with Crippen molar-refractivity contribution >= 4 is 46.7 Å². The molecule has 0 aliphatic heterocycles. The van der Waals surface area contributed by atoms with Gasteiger partial charge in [0.05, 0.1) is 10.0 Å². The minimum atomic E-state index is -1.07. The number of carboxylic acid groups (broad SMARTS) is 1. The van der Waals surface area contributed by atoms with Crippen LogP contribution in [0.1, 0.15) is 90.9 Å². The first-order valence-corrected chi connectivity index (χ1v) is 13.3. The molecule has 1 aromatic rings. The van der Waals surface area contributed by atoms with Crippen LogP contribution in [-0.2, 0) is 14.4 Å². The normalized spacial score (nSPS) is 11.8. The minimum absolute atomic E-state index is 0.0521. The quantitative estimate of drug-likeness (QED) is 0.160. The third kappa shape index (κ3) is 12.1. The topological polar surface area (TPSA) is 86.7 Å². The maximum absolute atomic E-state index is 13.5. The van der Waals surface area contributed by atoms with Crippen molar-refractivity contribution in [3.8, 4) is 0 Å². The predicted octanol–water partition coefficient (Wildman–Crippen LogP) is 7.18. The van der Waals surface area contributed by atoms with Crippen molar-refractivity contribution in [3.05, 3.63) is 28.2 Å². The van der Waals surface area contributed by atoms with Gasteiger partial charge in [-0.1, -0.05) is 88.4 Å². The Morgan fingerprint density at radius 1 is 0.882 bits per heavy atom. The maximum atomic E-state index is 13.5. The number of hydrogen-bond donors (Lipinski definition) is 2. The zero-order chi connectivity index (χ0) is 25.3. The number of anilines is 1. The van der Waals surface area contributed by atoms with E-state index in [1.807, 2.05) is 0 Å². The molecule has 8 heteroatoms. The van der Waals surface area contributed by atoms with Gasteiger partial charge in [0.1, 0.15) is 5.92 Å². The van der Waals surface area contributed by atoms with Gasteiger partial charge in [-0.15, -0.1) is 0 Å². The number of hydrogen-bond acceptors (Lipinski definition) is 3. The molecule has 0 spiro atoms. The Labute approximate surface area is 214 Å². The van der Waals surface area contributed by atoms with Crippen LogP contribution in [0.2, 0.25) is 10.0 Å². The fraction of sp³-hybridized carbons (Fsp3) is 0.654. The van der Waals surface area contributed by atoms with Gasteiger partial charge < -0.3 is 15.3 Å². The first-order chi connectivity index (χ1) is 16.3. The second-order valence-electron chi connectivity index (χ2n) is 8.76. The number of aliphatic carboxylic acids is 1. The van der Waals surface area contributed by atoms with Crippen molar-refractivity contribution in [1.29, 1.82) is 0 Å². The van der Waals surface area contributed by atoms with Crippen LogP contribution in [-0.4, -0.2) is 40.9 Å². The highest BCUT2D eigenvalue weighted by molar-refractivity contribution is 6.42. The molecule has 0 fully saturated rings. The number of benzene rings is 1. The SMILES string of the molecule is CCCCCCCN(CCCCCCC)C(=O)C(CCC(=O)O)C(=O)Nc1ccc(Cl)c(Cl)c1. The third-order valence-electron chi connectivity index (χ3n) is 5.82. The smallest absolute Gasteiger partial charge is 0.303 e. The molecule has 0 heterocycles. The lowest BCUT2D eigenvalue weighted by Crippen LogP contribution is -2.42. The lowest BCUT2D eigenvalue weighted by atomic mass is 9.99. The van der Waals surface area contributed by atoms with E-state index in [0.717, 1.165) is 64.2 Å². The van der Waals surface area contributed by atoms with Crippen molar-refractivity contribution in [2.75, 3.05) is 18.4 Å². The van der Waals surface area contributed by atoms with Crippen LogP contribution >= 0.6 is 23.2 Å². The number of nitrogens with one attached hydrogen (secondary N) is 1. The van der Waals surface area contributed by atoms with E-state index in [4.69, 9.17) is 23.2 Å². The number of rotatable bonds is 18. The summed E-state index contributed by atoms with van der Waals surface area (Å²) in [5, 5.41) is 12.5. The summed E-state index contributed by atoms with van der Waals surface area (Å²) in [6.45, 7) is 5.48. The second kappa shape index (κ2) is 17.6. The van der Waals surface area contributed by atoms with E-state index < -0.39 is 17.8 Å². The molecular weight excluding hydrogens is 475 g/mol. The molecular formula is C26H40Cl2N2O4. The summed E-state index contributed by atoms with van der Waals surface area (Å²) in [7, 11) is 0. The summed E-state index contributed by atoms with van der Waals surface area (Å²) in [6, 6.07) is 4.68. The third-order valence-corrected chi connectivity index (χ3v) is 6.56. The van der Waals surface area contributed by atoms with Crippen molar-refractivity contribution in [1.82, 2.24) is 4.90 Å². The molecule has 192 valence electrons. The molecule has 0 radical (unpaired) electrons. The van der Waals surface area contributed by atoms with Crippen LogP contribution in [0.4, 0.5) is 5.69 Å². The van der Waals surface area contributed by atoms with Crippen molar-refractivity contribution in [3.63, 3.8) is 0 Å². The minimum Gasteiger partial charge on any atom is -0.481 e. The Morgan fingerprint density at radius 2 is 1.44 bits per heavy atom. The van der Waals surface area contributed by atoms with Gasteiger partial charge in [-0.2, -0.15) is 0 Å². The Hall–Kier alpha value is -1.79. The van der Waals surface area contributed by atoms with E-state index in [1.165, 1.54) is 6.07 Å². The zero-order valence-corrected chi connectivity index (χ0v) is 22.1. The largest absolute Gasteiger partial charge is 0.481 e. The standard InChI is InChI=1S/C26H40Cl2N2O4/c1-3-5-7-9-11-17-30(18-12-10-8-6-4-2)26(34)21(14-16-24(31)32)25(33)29-20-13-15-22(27)23(28)19-20/h13,15,19,21H,3-12,14,16-18H2,1-2H3,(H,29,33)(H,31,32). The fourth-order valence-electron chi connectivity index (χ4n) is 3.80. The van der Waals surface area contributed by atoms with E-state index in [1.54, 1.807) is 17.0 Å². The van der Waals surface area contributed by atoms with Gasteiger partial charge in [-0.3, -0.25) is 14.4 Å². The lowest BCUT2D eigenvalue weighted by molar-refractivity contribution is -0.142. The average molecular weight is 516 g/mol. The Kier molecular flexibility index (Phi) is 15.7. The monoisotopic (exact) mass is 514 g/mol. The maximum Gasteiger partial charge on any atom is 0.303 e. The van der Waals surface area contributed by atoms with Crippen LogP contribution in [0, 0.1) is 5.92 Å². The first-order valence-electron chi connectivity index (χ1n) is 12.6. The molecule has 0 bridgehead atoms. The number of carbonyl (C=O) groups is 3. The molecule has 1 aromatic carbocycles. The molecule has 0 aromatic heterocycles. The molecule has 0 aliphatic rings. The van der Waals surface area contributed by atoms with E-state index >= 15 is 0 Å². The van der Waals surface area contributed by atoms with E-state index in [-0.39, 0.29) is 23.8 Å². The van der Waals surface area contributed by atoms with Crippen molar-refractivity contribution in [2.24, 2.45) is 5.92 Å². The zero-order valence-electron chi connectivity index (χ0n) is 20.6. The van der Waals surface area contributed by atoms with E-state index in [2.05, 4.69) is 19.2 Å². The van der Waals surface area contributed by atoms with Gasteiger partial charge in [-0.25, -0.2) is 0 Å². The van der Waals surface area contributed by atoms with Crippen molar-refractivity contribution < 1.29 is 19.5 Å². The lowest BCUT2D eigenvalue weighted by Gasteiger charge is -2.27. The average Bonchev–Trinajstić information content (AvgIpc) is 2.79. The molecule has 6 nitrogen and oxygen atoms in total. The molecule has 1 unspecified atom stereocenters. The number of nitrogens with zero attached hydrogens (tertiary/aromatic N) is 1. The number of halogens is 2. The molecule has 0 saturated carbocycles. The summed E-state index contributed by atoms with van der Waals surface area (Å²) >= 11 is 12.0. The molecule has 0 saturated heterocycles. The first kappa shape index (κ1) is 30.2. The molecule has 2 amide bonds. The van der Waals surface area contributed by atoms with Gasteiger partial charge in [0.15, 0.2) is 0 Å². The van der Waals surface area contributed by atoms with Crippen LogP contribution < -0.4 is 5.32 Å². The predicted molar refractivity (Wildman–Crippen MR) is 140 cm³/mol. The molecule has 34 heavy (non-hydrogen) atoms. The van der Waals surface area contributed by atoms with Gasteiger partial charge in [0.25, 0.3) is 0 Å². The Balaban J connectivity index is 2.93. The highest BCUT2D eigenvalue weighted by Crippen LogP contribution is 2.26.